The minimum atomic E-state index is -0.155. The fraction of sp³-hybridized carbons (Fsp3) is 0.278. The van der Waals surface area contributed by atoms with Gasteiger partial charge in [-0.1, -0.05) is 29.8 Å². The van der Waals surface area contributed by atoms with Crippen LogP contribution in [0.4, 0.5) is 0 Å². The SMILES string of the molecule is COc1cc(O)c(C(=O)CCc2ccc(C)cc2)c(OC)c1. The van der Waals surface area contributed by atoms with Crippen LogP contribution >= 0.6 is 0 Å². The largest absolute Gasteiger partial charge is 0.507 e. The molecule has 0 saturated heterocycles. The summed E-state index contributed by atoms with van der Waals surface area (Å²) in [6.07, 6.45) is 0.924. The van der Waals surface area contributed by atoms with Crippen molar-refractivity contribution in [3.63, 3.8) is 0 Å². The number of aryl methyl sites for hydroxylation is 2. The fourth-order valence-electron chi connectivity index (χ4n) is 2.27. The average Bonchev–Trinajstić information content (AvgIpc) is 2.53. The van der Waals surface area contributed by atoms with Crippen molar-refractivity contribution in [1.82, 2.24) is 0 Å². The van der Waals surface area contributed by atoms with Gasteiger partial charge in [-0.05, 0) is 18.9 Å². The number of phenolic OH excluding ortho intramolecular Hbond substituents is 1. The Bertz CT molecular complexity index is 660. The number of phenols is 1. The summed E-state index contributed by atoms with van der Waals surface area (Å²) < 4.78 is 10.3. The molecule has 2 rings (SSSR count). The van der Waals surface area contributed by atoms with Gasteiger partial charge in [0.25, 0.3) is 0 Å². The first-order chi connectivity index (χ1) is 10.5. The van der Waals surface area contributed by atoms with Gasteiger partial charge in [-0.25, -0.2) is 0 Å². The quantitative estimate of drug-likeness (QED) is 0.829. The van der Waals surface area contributed by atoms with E-state index in [0.717, 1.165) is 5.56 Å². The monoisotopic (exact) mass is 300 g/mol. The van der Waals surface area contributed by atoms with Gasteiger partial charge in [0.15, 0.2) is 5.78 Å². The molecule has 116 valence electrons. The number of methoxy groups -OCH3 is 2. The Morgan fingerprint density at radius 1 is 1.09 bits per heavy atom. The molecular formula is C18H20O4. The third-order valence-corrected chi connectivity index (χ3v) is 3.55. The van der Waals surface area contributed by atoms with Crippen LogP contribution < -0.4 is 9.47 Å². The molecule has 0 heterocycles. The third-order valence-electron chi connectivity index (χ3n) is 3.55. The fourth-order valence-corrected chi connectivity index (χ4v) is 2.27. The standard InChI is InChI=1S/C18H20O4/c1-12-4-6-13(7-5-12)8-9-15(19)18-16(20)10-14(21-2)11-17(18)22-3/h4-7,10-11,20H,8-9H2,1-3H3. The molecule has 0 aliphatic carbocycles. The third kappa shape index (κ3) is 3.58. The molecule has 1 N–H and O–H groups in total. The van der Waals surface area contributed by atoms with Crippen molar-refractivity contribution in [1.29, 1.82) is 0 Å². The first kappa shape index (κ1) is 15.9. The lowest BCUT2D eigenvalue weighted by molar-refractivity contribution is 0.0977. The van der Waals surface area contributed by atoms with E-state index in [1.54, 1.807) is 6.07 Å². The van der Waals surface area contributed by atoms with Crippen LogP contribution in [0.25, 0.3) is 0 Å². The second-order valence-electron chi connectivity index (χ2n) is 5.13. The summed E-state index contributed by atoms with van der Waals surface area (Å²) >= 11 is 0. The number of Topliss-reactive ketones (excluding diaryl/α,β-unsaturated/α-hetero) is 1. The summed E-state index contributed by atoms with van der Waals surface area (Å²) in [6, 6.07) is 11.1. The predicted molar refractivity (Wildman–Crippen MR) is 85.0 cm³/mol. The van der Waals surface area contributed by atoms with E-state index in [2.05, 4.69) is 0 Å². The number of rotatable bonds is 6. The number of carbonyl (C=O) groups is 1. The van der Waals surface area contributed by atoms with Crippen molar-refractivity contribution in [2.75, 3.05) is 14.2 Å². The van der Waals surface area contributed by atoms with Gasteiger partial charge in [0.1, 0.15) is 22.8 Å². The molecule has 0 bridgehead atoms. The van der Waals surface area contributed by atoms with Crippen molar-refractivity contribution < 1.29 is 19.4 Å². The van der Waals surface area contributed by atoms with E-state index >= 15 is 0 Å². The molecule has 22 heavy (non-hydrogen) atoms. The maximum absolute atomic E-state index is 12.4. The zero-order valence-corrected chi connectivity index (χ0v) is 13.1. The molecule has 0 fully saturated rings. The van der Waals surface area contributed by atoms with E-state index in [-0.39, 0.29) is 17.1 Å². The van der Waals surface area contributed by atoms with Crippen LogP contribution in [0, 0.1) is 6.92 Å². The molecular weight excluding hydrogens is 280 g/mol. The van der Waals surface area contributed by atoms with Crippen LogP contribution in [0.2, 0.25) is 0 Å². The Kier molecular flexibility index (Phi) is 5.04. The second-order valence-corrected chi connectivity index (χ2v) is 5.13. The summed E-state index contributed by atoms with van der Waals surface area (Å²) in [5.41, 5.74) is 2.48. The van der Waals surface area contributed by atoms with Crippen molar-refractivity contribution in [2.24, 2.45) is 0 Å². The summed E-state index contributed by atoms with van der Waals surface area (Å²) in [4.78, 5) is 12.4. The Hall–Kier alpha value is -2.49. The van der Waals surface area contributed by atoms with Gasteiger partial charge in [0, 0.05) is 18.6 Å². The van der Waals surface area contributed by atoms with Gasteiger partial charge >= 0.3 is 0 Å². The maximum atomic E-state index is 12.4. The van der Waals surface area contributed by atoms with Crippen LogP contribution in [0.1, 0.15) is 27.9 Å². The smallest absolute Gasteiger partial charge is 0.170 e. The lowest BCUT2D eigenvalue weighted by Gasteiger charge is -2.12. The summed E-state index contributed by atoms with van der Waals surface area (Å²) in [7, 11) is 2.96. The van der Waals surface area contributed by atoms with Crippen molar-refractivity contribution in [3.8, 4) is 17.2 Å². The Morgan fingerprint density at radius 2 is 1.77 bits per heavy atom. The molecule has 4 heteroatoms. The van der Waals surface area contributed by atoms with Crippen LogP contribution in [0.15, 0.2) is 36.4 Å². The highest BCUT2D eigenvalue weighted by molar-refractivity contribution is 6.01. The number of aromatic hydroxyl groups is 1. The van der Waals surface area contributed by atoms with Gasteiger partial charge in [0.2, 0.25) is 0 Å². The highest BCUT2D eigenvalue weighted by Crippen LogP contribution is 2.34. The van der Waals surface area contributed by atoms with Crippen LogP contribution in [-0.2, 0) is 6.42 Å². The average molecular weight is 300 g/mol. The molecule has 2 aromatic rings. The highest BCUT2D eigenvalue weighted by atomic mass is 16.5. The number of carbonyl (C=O) groups excluding carboxylic acids is 1. The molecule has 2 aromatic carbocycles. The molecule has 0 aliphatic heterocycles. The van der Waals surface area contributed by atoms with Gasteiger partial charge in [-0.2, -0.15) is 0 Å². The number of ketones is 1. The molecule has 0 aromatic heterocycles. The lowest BCUT2D eigenvalue weighted by Crippen LogP contribution is -2.05. The zero-order valence-electron chi connectivity index (χ0n) is 13.1. The van der Waals surface area contributed by atoms with Crippen molar-refractivity contribution >= 4 is 5.78 Å². The Labute approximate surface area is 130 Å². The predicted octanol–water partition coefficient (Wildman–Crippen LogP) is 3.53. The van der Waals surface area contributed by atoms with Crippen molar-refractivity contribution in [3.05, 3.63) is 53.1 Å². The van der Waals surface area contributed by atoms with E-state index in [1.165, 1.54) is 25.8 Å². The maximum Gasteiger partial charge on any atom is 0.170 e. The van der Waals surface area contributed by atoms with Gasteiger partial charge in [-0.15, -0.1) is 0 Å². The lowest BCUT2D eigenvalue weighted by atomic mass is 10.0. The zero-order chi connectivity index (χ0) is 16.1. The number of hydrogen-bond donors (Lipinski definition) is 1. The minimum Gasteiger partial charge on any atom is -0.507 e. The van der Waals surface area contributed by atoms with Crippen molar-refractivity contribution in [2.45, 2.75) is 19.8 Å². The second kappa shape index (κ2) is 6.98. The summed E-state index contributed by atoms with van der Waals surface area (Å²) in [5.74, 6) is 0.498. The number of benzene rings is 2. The van der Waals surface area contributed by atoms with Gasteiger partial charge in [-0.3, -0.25) is 4.79 Å². The molecule has 0 unspecified atom stereocenters. The first-order valence-corrected chi connectivity index (χ1v) is 7.09. The van der Waals surface area contributed by atoms with Crippen LogP contribution in [0.5, 0.6) is 17.2 Å². The highest BCUT2D eigenvalue weighted by Gasteiger charge is 2.19. The molecule has 0 radical (unpaired) electrons. The van der Waals surface area contributed by atoms with Gasteiger partial charge in [0.05, 0.1) is 14.2 Å². The molecule has 4 nitrogen and oxygen atoms in total. The van der Waals surface area contributed by atoms with Gasteiger partial charge < -0.3 is 14.6 Å². The summed E-state index contributed by atoms with van der Waals surface area (Å²) in [6.45, 7) is 2.02. The normalized spacial score (nSPS) is 10.3. The topological polar surface area (TPSA) is 55.8 Å². The van der Waals surface area contributed by atoms with E-state index in [4.69, 9.17) is 9.47 Å². The number of ether oxygens (including phenoxy) is 2. The molecule has 0 spiro atoms. The van der Waals surface area contributed by atoms with E-state index in [0.29, 0.717) is 24.3 Å². The van der Waals surface area contributed by atoms with Crippen LogP contribution in [0.3, 0.4) is 0 Å². The number of hydrogen-bond acceptors (Lipinski definition) is 4. The van der Waals surface area contributed by atoms with E-state index in [1.807, 2.05) is 31.2 Å². The molecule has 0 saturated carbocycles. The molecule has 0 amide bonds. The van der Waals surface area contributed by atoms with E-state index < -0.39 is 0 Å². The van der Waals surface area contributed by atoms with Crippen LogP contribution in [-0.4, -0.2) is 25.1 Å². The van der Waals surface area contributed by atoms with E-state index in [9.17, 15) is 9.90 Å². The minimum absolute atomic E-state index is 0.120. The summed E-state index contributed by atoms with van der Waals surface area (Å²) in [5, 5.41) is 10.1. The molecule has 0 atom stereocenters. The first-order valence-electron chi connectivity index (χ1n) is 7.09. The Morgan fingerprint density at radius 3 is 2.36 bits per heavy atom. The molecule has 0 aliphatic rings. The Balaban J connectivity index is 2.17.